The molecule has 11 atom stereocenters. The van der Waals surface area contributed by atoms with Gasteiger partial charge in [0.05, 0.1) is 33.0 Å². The average Bonchev–Trinajstić information content (AvgIpc) is 3.35. The number of ether oxygens (including phenoxy) is 6. The molecule has 0 saturated carbocycles. The molecule has 2 aliphatic heterocycles. The van der Waals surface area contributed by atoms with Gasteiger partial charge in [0.15, 0.2) is 12.6 Å². The maximum atomic E-state index is 13.0. The minimum Gasteiger partial charge on any atom is -0.457 e. The lowest BCUT2D eigenvalue weighted by Gasteiger charge is -2.42. The van der Waals surface area contributed by atoms with Gasteiger partial charge in [0, 0.05) is 6.42 Å². The SMILES string of the molecule is CC/C=C\C/C=C\C/C=C\C/C=C\C/C=C\CCOCC(COC1OC(COC2OC(CO)C(O)C(O)C2O)C(O)C(O)C1O)OC(=O)CCCCCCCCCCC/C=C\C/C=C\CCCCC. The fraction of sp³-hybridized carbons (Fsp3) is 0.727. The van der Waals surface area contributed by atoms with Crippen LogP contribution in [0.3, 0.4) is 0 Å². The third kappa shape index (κ3) is 29.3. The highest BCUT2D eigenvalue weighted by Crippen LogP contribution is 2.26. The number of hydrogen-bond acceptors (Lipinski definition) is 14. The summed E-state index contributed by atoms with van der Waals surface area (Å²) in [5, 5.41) is 72.1. The summed E-state index contributed by atoms with van der Waals surface area (Å²) in [6, 6.07) is 0. The van der Waals surface area contributed by atoms with Gasteiger partial charge in [-0.25, -0.2) is 0 Å². The summed E-state index contributed by atoms with van der Waals surface area (Å²) in [4.78, 5) is 13.0. The second-order valence-electron chi connectivity index (χ2n) is 18.0. The van der Waals surface area contributed by atoms with Gasteiger partial charge in [-0.3, -0.25) is 4.79 Å². The molecule has 0 amide bonds. The predicted octanol–water partition coefficient (Wildman–Crippen LogP) is 8.07. The summed E-state index contributed by atoms with van der Waals surface area (Å²) in [7, 11) is 0. The van der Waals surface area contributed by atoms with Gasteiger partial charge in [-0.15, -0.1) is 0 Å². The van der Waals surface area contributed by atoms with E-state index < -0.39 is 86.7 Å². The van der Waals surface area contributed by atoms with Gasteiger partial charge in [0.1, 0.15) is 54.9 Å². The maximum absolute atomic E-state index is 13.0. The minimum atomic E-state index is -1.72. The second kappa shape index (κ2) is 41.8. The van der Waals surface area contributed by atoms with Gasteiger partial charge in [0.2, 0.25) is 0 Å². The summed E-state index contributed by atoms with van der Waals surface area (Å²) in [5.41, 5.74) is 0. The Balaban J connectivity index is 1.79. The molecule has 2 fully saturated rings. The van der Waals surface area contributed by atoms with Gasteiger partial charge in [-0.2, -0.15) is 0 Å². The summed E-state index contributed by atoms with van der Waals surface area (Å²) in [5.74, 6) is -0.409. The van der Waals surface area contributed by atoms with E-state index in [4.69, 9.17) is 28.4 Å². The molecule has 0 aromatic rings. The Morgan fingerprint density at radius 1 is 0.493 bits per heavy atom. The van der Waals surface area contributed by atoms with E-state index >= 15 is 0 Å². The van der Waals surface area contributed by atoms with Crippen LogP contribution in [0, 0.1) is 0 Å². The molecule has 7 N–H and O–H groups in total. The number of carbonyl (C=O) groups is 1. The van der Waals surface area contributed by atoms with Crippen LogP contribution in [0.25, 0.3) is 0 Å². The fourth-order valence-corrected chi connectivity index (χ4v) is 7.67. The largest absolute Gasteiger partial charge is 0.457 e. The molecule has 14 nitrogen and oxygen atoms in total. The summed E-state index contributed by atoms with van der Waals surface area (Å²) >= 11 is 0. The lowest BCUT2D eigenvalue weighted by molar-refractivity contribution is -0.332. The number of unbranched alkanes of at least 4 members (excludes halogenated alkanes) is 12. The third-order valence-electron chi connectivity index (χ3n) is 11.9. The van der Waals surface area contributed by atoms with Crippen molar-refractivity contribution in [3.8, 4) is 0 Å². The monoisotopic (exact) mass is 977 g/mol. The van der Waals surface area contributed by atoms with E-state index in [9.17, 15) is 40.5 Å². The highest BCUT2D eigenvalue weighted by molar-refractivity contribution is 5.69. The first kappa shape index (κ1) is 62.3. The molecular weight excluding hydrogens is 885 g/mol. The zero-order valence-corrected chi connectivity index (χ0v) is 42.0. The molecule has 2 aliphatic rings. The molecule has 396 valence electrons. The number of rotatable bonds is 40. The lowest BCUT2D eigenvalue weighted by atomic mass is 9.98. The molecule has 2 saturated heterocycles. The number of aliphatic hydroxyl groups is 7. The zero-order valence-electron chi connectivity index (χ0n) is 42.0. The van der Waals surface area contributed by atoms with Crippen LogP contribution in [0.2, 0.25) is 0 Å². The first-order chi connectivity index (χ1) is 33.6. The van der Waals surface area contributed by atoms with E-state index in [1.54, 1.807) is 0 Å². The smallest absolute Gasteiger partial charge is 0.306 e. The molecular formula is C55H92O14. The number of esters is 1. The summed E-state index contributed by atoms with van der Waals surface area (Å²) in [6.07, 6.45) is 36.6. The van der Waals surface area contributed by atoms with Crippen molar-refractivity contribution in [1.29, 1.82) is 0 Å². The highest BCUT2D eigenvalue weighted by Gasteiger charge is 2.47. The van der Waals surface area contributed by atoms with Gasteiger partial charge in [-0.1, -0.05) is 157 Å². The second-order valence-corrected chi connectivity index (χ2v) is 18.0. The number of carbonyl (C=O) groups excluding carboxylic acids is 1. The Morgan fingerprint density at radius 3 is 1.48 bits per heavy atom. The molecule has 2 rings (SSSR count). The first-order valence-corrected chi connectivity index (χ1v) is 26.2. The van der Waals surface area contributed by atoms with E-state index in [0.29, 0.717) is 19.4 Å². The Hall–Kier alpha value is -2.83. The van der Waals surface area contributed by atoms with Crippen molar-refractivity contribution in [1.82, 2.24) is 0 Å². The molecule has 0 aliphatic carbocycles. The molecule has 0 aromatic heterocycles. The standard InChI is InChI=1S/C55H92O14/c1-3-5-7-9-11-13-15-17-19-21-22-23-24-26-28-30-32-34-36-38-47(57)67-44(41-64-39-37-35-33-31-29-27-25-20-18-16-14-12-10-8-6-4-2)42-65-54-53(63)51(61)49(59)46(69-54)43-66-55-52(62)50(60)48(58)45(40-56)68-55/h6,8,11-14,17-20,27,29,33,35,44-46,48-56,58-63H,3-5,7,9-10,15-16,21-26,28,30-32,34,36-43H2,1-2H3/b8-6-,13-11-,14-12-,19-17-,20-18-,29-27-,35-33-. The molecule has 69 heavy (non-hydrogen) atoms. The van der Waals surface area contributed by atoms with Crippen molar-refractivity contribution in [3.63, 3.8) is 0 Å². The van der Waals surface area contributed by atoms with Crippen LogP contribution in [-0.2, 0) is 33.2 Å². The van der Waals surface area contributed by atoms with Crippen LogP contribution in [0.4, 0.5) is 0 Å². The van der Waals surface area contributed by atoms with E-state index in [1.807, 2.05) is 6.08 Å². The number of hydrogen-bond donors (Lipinski definition) is 7. The molecule has 0 radical (unpaired) electrons. The first-order valence-electron chi connectivity index (χ1n) is 26.2. The number of allylic oxidation sites excluding steroid dienone is 13. The van der Waals surface area contributed by atoms with Crippen LogP contribution in [0.5, 0.6) is 0 Å². The molecule has 11 unspecified atom stereocenters. The predicted molar refractivity (Wildman–Crippen MR) is 270 cm³/mol. The third-order valence-corrected chi connectivity index (χ3v) is 11.9. The minimum absolute atomic E-state index is 0.000906. The average molecular weight is 977 g/mol. The Bertz CT molecular complexity index is 1460. The molecule has 0 aromatic carbocycles. The number of aliphatic hydroxyl groups excluding tert-OH is 7. The van der Waals surface area contributed by atoms with Gasteiger partial charge in [-0.05, 0) is 77.0 Å². The molecule has 0 spiro atoms. The Morgan fingerprint density at radius 2 is 0.942 bits per heavy atom. The van der Waals surface area contributed by atoms with Crippen LogP contribution in [0.15, 0.2) is 85.1 Å². The Kier molecular flexibility index (Phi) is 37.7. The summed E-state index contributed by atoms with van der Waals surface area (Å²) in [6.45, 7) is 3.30. The topological polar surface area (TPSA) is 214 Å². The summed E-state index contributed by atoms with van der Waals surface area (Å²) < 4.78 is 34.2. The van der Waals surface area contributed by atoms with Gasteiger partial charge >= 0.3 is 5.97 Å². The van der Waals surface area contributed by atoms with Crippen molar-refractivity contribution in [2.45, 2.75) is 223 Å². The van der Waals surface area contributed by atoms with E-state index in [2.05, 4.69) is 92.8 Å². The lowest BCUT2D eigenvalue weighted by Crippen LogP contribution is -2.61. The van der Waals surface area contributed by atoms with Crippen molar-refractivity contribution in [2.75, 3.05) is 33.0 Å². The van der Waals surface area contributed by atoms with E-state index in [0.717, 1.165) is 64.2 Å². The Labute approximate surface area is 414 Å². The van der Waals surface area contributed by atoms with Crippen molar-refractivity contribution in [3.05, 3.63) is 85.1 Å². The van der Waals surface area contributed by atoms with Crippen LogP contribution >= 0.6 is 0 Å². The van der Waals surface area contributed by atoms with Crippen LogP contribution < -0.4 is 0 Å². The van der Waals surface area contributed by atoms with Crippen molar-refractivity contribution in [2.24, 2.45) is 0 Å². The fourth-order valence-electron chi connectivity index (χ4n) is 7.67. The van der Waals surface area contributed by atoms with Crippen LogP contribution in [-0.4, -0.2) is 142 Å². The van der Waals surface area contributed by atoms with Gasteiger partial charge in [0.25, 0.3) is 0 Å². The quantitative estimate of drug-likeness (QED) is 0.0176. The highest BCUT2D eigenvalue weighted by atomic mass is 16.7. The molecule has 2 heterocycles. The van der Waals surface area contributed by atoms with Crippen LogP contribution in [0.1, 0.15) is 155 Å². The van der Waals surface area contributed by atoms with Crippen molar-refractivity contribution >= 4 is 5.97 Å². The zero-order chi connectivity index (χ0) is 50.2. The normalized spacial score (nSPS) is 26.4. The maximum Gasteiger partial charge on any atom is 0.306 e. The van der Waals surface area contributed by atoms with E-state index in [1.165, 1.54) is 57.8 Å². The van der Waals surface area contributed by atoms with Crippen molar-refractivity contribution < 1.29 is 69.0 Å². The molecule has 0 bridgehead atoms. The molecule has 14 heteroatoms. The van der Waals surface area contributed by atoms with E-state index in [-0.39, 0.29) is 19.6 Å². The van der Waals surface area contributed by atoms with Gasteiger partial charge < -0.3 is 64.2 Å².